The van der Waals surface area contributed by atoms with Gasteiger partial charge in [0.2, 0.25) is 0 Å². The second-order valence-corrected chi connectivity index (χ2v) is 6.84. The molecule has 1 nitrogen and oxygen atoms in total. The Morgan fingerprint density at radius 1 is 0.857 bits per heavy atom. The van der Waals surface area contributed by atoms with Gasteiger partial charge in [-0.3, -0.25) is 0 Å². The molecule has 1 saturated carbocycles. The summed E-state index contributed by atoms with van der Waals surface area (Å²) in [4.78, 5) is 0. The molecule has 0 aromatic heterocycles. The van der Waals surface area contributed by atoms with Gasteiger partial charge < -0.3 is 5.11 Å². The molecule has 1 fully saturated rings. The minimum Gasteiger partial charge on any atom is -0.385 e. The molecule has 2 atom stereocenters. The zero-order valence-corrected chi connectivity index (χ0v) is 12.5. The minimum atomic E-state index is -0.646. The summed E-state index contributed by atoms with van der Waals surface area (Å²) in [5.74, 6) is 0.711. The van der Waals surface area contributed by atoms with Gasteiger partial charge in [-0.25, -0.2) is 0 Å². The van der Waals surface area contributed by atoms with Crippen molar-refractivity contribution in [2.75, 3.05) is 0 Å². The van der Waals surface area contributed by atoms with Gasteiger partial charge in [0.15, 0.2) is 0 Å². The molecule has 0 heterocycles. The molecule has 0 aliphatic heterocycles. The molecule has 2 aliphatic rings. The SMILES string of the molecule is Cc1ccc(C2(O)C3CCC2Cc2ccccc2C3)cc1. The first-order valence-corrected chi connectivity index (χ1v) is 8.04. The third-order valence-electron chi connectivity index (χ3n) is 5.67. The largest absolute Gasteiger partial charge is 0.385 e. The first kappa shape index (κ1) is 13.1. The minimum absolute atomic E-state index is 0.355. The lowest BCUT2D eigenvalue weighted by Gasteiger charge is -2.34. The second kappa shape index (κ2) is 4.71. The third-order valence-corrected chi connectivity index (χ3v) is 5.67. The summed E-state index contributed by atoms with van der Waals surface area (Å²) in [6, 6.07) is 17.3. The van der Waals surface area contributed by atoms with Crippen LogP contribution < -0.4 is 0 Å². The van der Waals surface area contributed by atoms with E-state index in [1.54, 1.807) is 0 Å². The Hall–Kier alpha value is -1.60. The summed E-state index contributed by atoms with van der Waals surface area (Å²) in [5, 5.41) is 11.6. The first-order chi connectivity index (χ1) is 10.2. The van der Waals surface area contributed by atoms with Gasteiger partial charge in [-0.2, -0.15) is 0 Å². The van der Waals surface area contributed by atoms with Gasteiger partial charge in [0.1, 0.15) is 0 Å². The van der Waals surface area contributed by atoms with Crippen molar-refractivity contribution in [2.45, 2.75) is 38.2 Å². The van der Waals surface area contributed by atoms with Gasteiger partial charge in [-0.1, -0.05) is 54.1 Å². The highest BCUT2D eigenvalue weighted by molar-refractivity contribution is 5.36. The number of hydrogen-bond donors (Lipinski definition) is 1. The zero-order chi connectivity index (χ0) is 14.4. The lowest BCUT2D eigenvalue weighted by atomic mass is 9.77. The van der Waals surface area contributed by atoms with E-state index in [9.17, 15) is 5.11 Å². The molecule has 2 aliphatic carbocycles. The van der Waals surface area contributed by atoms with Crippen LogP contribution in [-0.2, 0) is 18.4 Å². The average molecular weight is 278 g/mol. The number of hydrogen-bond acceptors (Lipinski definition) is 1. The van der Waals surface area contributed by atoms with Gasteiger partial charge >= 0.3 is 0 Å². The van der Waals surface area contributed by atoms with Crippen LogP contribution in [0.4, 0.5) is 0 Å². The highest BCUT2D eigenvalue weighted by atomic mass is 16.3. The van der Waals surface area contributed by atoms with Crippen LogP contribution in [0.2, 0.25) is 0 Å². The molecule has 21 heavy (non-hydrogen) atoms. The van der Waals surface area contributed by atoms with Crippen LogP contribution in [0.15, 0.2) is 48.5 Å². The average Bonchev–Trinajstić information content (AvgIpc) is 2.71. The fraction of sp³-hybridized carbons (Fsp3) is 0.400. The summed E-state index contributed by atoms with van der Waals surface area (Å²) in [6.07, 6.45) is 4.31. The number of rotatable bonds is 1. The van der Waals surface area contributed by atoms with Crippen LogP contribution in [0.1, 0.15) is 35.1 Å². The van der Waals surface area contributed by atoms with E-state index < -0.39 is 5.60 Å². The fourth-order valence-electron chi connectivity index (χ4n) is 4.47. The topological polar surface area (TPSA) is 20.2 Å². The van der Waals surface area contributed by atoms with Crippen LogP contribution in [0.3, 0.4) is 0 Å². The van der Waals surface area contributed by atoms with E-state index in [1.807, 2.05) is 0 Å². The van der Waals surface area contributed by atoms with Crippen molar-refractivity contribution in [2.24, 2.45) is 11.8 Å². The van der Waals surface area contributed by atoms with E-state index in [0.717, 1.165) is 31.2 Å². The van der Waals surface area contributed by atoms with Crippen LogP contribution in [0.25, 0.3) is 0 Å². The lowest BCUT2D eigenvalue weighted by Crippen LogP contribution is -2.37. The molecular weight excluding hydrogens is 256 g/mol. The van der Waals surface area contributed by atoms with Gasteiger partial charge in [-0.15, -0.1) is 0 Å². The molecule has 0 amide bonds. The molecule has 1 N–H and O–H groups in total. The third kappa shape index (κ3) is 1.95. The van der Waals surface area contributed by atoms with Crippen LogP contribution in [-0.4, -0.2) is 5.11 Å². The van der Waals surface area contributed by atoms with Crippen molar-refractivity contribution >= 4 is 0 Å². The van der Waals surface area contributed by atoms with Gasteiger partial charge in [0, 0.05) is 0 Å². The summed E-state index contributed by atoms with van der Waals surface area (Å²) >= 11 is 0. The Balaban J connectivity index is 1.79. The summed E-state index contributed by atoms with van der Waals surface area (Å²) in [7, 11) is 0. The van der Waals surface area contributed by atoms with Crippen molar-refractivity contribution in [3.8, 4) is 0 Å². The highest BCUT2D eigenvalue weighted by Gasteiger charge is 2.51. The Kier molecular flexibility index (Phi) is 2.93. The van der Waals surface area contributed by atoms with E-state index in [2.05, 4.69) is 55.5 Å². The quantitative estimate of drug-likeness (QED) is 0.835. The predicted molar refractivity (Wildman–Crippen MR) is 85.1 cm³/mol. The molecule has 0 spiro atoms. The summed E-state index contributed by atoms with van der Waals surface area (Å²) < 4.78 is 0. The molecule has 108 valence electrons. The Labute approximate surface area is 126 Å². The van der Waals surface area contributed by atoms with E-state index in [0.29, 0.717) is 11.8 Å². The molecule has 0 radical (unpaired) electrons. The molecule has 2 unspecified atom stereocenters. The predicted octanol–water partition coefficient (Wildman–Crippen LogP) is 4.01. The molecule has 1 heteroatoms. The standard InChI is InChI=1S/C20H22O/c1-14-6-8-17(9-7-14)20(21)18-10-11-19(20)13-16-5-3-2-4-15(16)12-18/h2-9,18-19,21H,10-13H2,1H3. The number of fused-ring (bicyclic) bond motifs is 3. The molecule has 2 aromatic carbocycles. The fourth-order valence-corrected chi connectivity index (χ4v) is 4.47. The first-order valence-electron chi connectivity index (χ1n) is 8.04. The number of aryl methyl sites for hydroxylation is 1. The van der Waals surface area contributed by atoms with Gasteiger partial charge in [0.25, 0.3) is 0 Å². The van der Waals surface area contributed by atoms with Gasteiger partial charge in [-0.05, 0) is 61.1 Å². The van der Waals surface area contributed by atoms with E-state index in [-0.39, 0.29) is 0 Å². The van der Waals surface area contributed by atoms with Crippen molar-refractivity contribution in [1.82, 2.24) is 0 Å². The maximum atomic E-state index is 11.6. The van der Waals surface area contributed by atoms with Crippen LogP contribution in [0.5, 0.6) is 0 Å². The summed E-state index contributed by atoms with van der Waals surface area (Å²) in [5.41, 5.74) is 4.61. The van der Waals surface area contributed by atoms with Gasteiger partial charge in [0.05, 0.1) is 5.60 Å². The van der Waals surface area contributed by atoms with Crippen molar-refractivity contribution in [1.29, 1.82) is 0 Å². The molecule has 0 saturated heterocycles. The van der Waals surface area contributed by atoms with E-state index in [1.165, 1.54) is 16.7 Å². The van der Waals surface area contributed by atoms with Crippen LogP contribution in [0, 0.1) is 18.8 Å². The Morgan fingerprint density at radius 3 is 1.90 bits per heavy atom. The molecule has 2 aromatic rings. The zero-order valence-electron chi connectivity index (χ0n) is 12.5. The smallest absolute Gasteiger partial charge is 0.0958 e. The lowest BCUT2D eigenvalue weighted by molar-refractivity contribution is -0.0395. The van der Waals surface area contributed by atoms with Crippen molar-refractivity contribution < 1.29 is 5.11 Å². The maximum Gasteiger partial charge on any atom is 0.0958 e. The van der Waals surface area contributed by atoms with E-state index in [4.69, 9.17) is 0 Å². The molecule has 2 bridgehead atoms. The van der Waals surface area contributed by atoms with Crippen molar-refractivity contribution in [3.05, 3.63) is 70.8 Å². The molecule has 4 rings (SSSR count). The monoisotopic (exact) mass is 278 g/mol. The molecular formula is C20H22O. The Morgan fingerprint density at radius 2 is 1.38 bits per heavy atom. The maximum absolute atomic E-state index is 11.6. The highest BCUT2D eigenvalue weighted by Crippen LogP contribution is 2.52. The van der Waals surface area contributed by atoms with Crippen LogP contribution >= 0.6 is 0 Å². The normalized spacial score (nSPS) is 30.8. The number of benzene rings is 2. The second-order valence-electron chi connectivity index (χ2n) is 6.84. The summed E-state index contributed by atoms with van der Waals surface area (Å²) in [6.45, 7) is 2.10. The van der Waals surface area contributed by atoms with Crippen molar-refractivity contribution in [3.63, 3.8) is 0 Å². The Bertz CT molecular complexity index is 623. The van der Waals surface area contributed by atoms with E-state index >= 15 is 0 Å². The number of aliphatic hydroxyl groups is 1.